The lowest BCUT2D eigenvalue weighted by Gasteiger charge is -2.24. The predicted octanol–water partition coefficient (Wildman–Crippen LogP) is 10.8. The predicted molar refractivity (Wildman–Crippen MR) is 211 cm³/mol. The number of hydrogen-bond acceptors (Lipinski definition) is 5. The third kappa shape index (κ3) is 5.10. The standard InChI is InChI=1S/C46H32N4O/c1-2-11-31(12-3-1)43-48-44(50-45(49-43)34-23-18-29-10-4-5-13-33(29)28-34)32-21-19-30(20-22-32)35-24-25-38(37-15-7-6-14-36(35)37)39-26-27-47-46-42(39)40-16-8-9-17-41(40)51-46/h1-26,28,43,47H,27H2,(H,48,49,50). The molecule has 0 amide bonds. The number of fused-ring (bicyclic) bond motifs is 5. The number of furan rings is 1. The number of nitrogens with one attached hydrogen (secondary N) is 2. The smallest absolute Gasteiger partial charge is 0.202 e. The van der Waals surface area contributed by atoms with Crippen molar-refractivity contribution in [3.05, 3.63) is 192 Å². The zero-order valence-corrected chi connectivity index (χ0v) is 27.7. The Hall–Kier alpha value is -6.72. The van der Waals surface area contributed by atoms with Crippen LogP contribution in [0.25, 0.3) is 49.2 Å². The van der Waals surface area contributed by atoms with Crippen LogP contribution < -0.4 is 10.6 Å². The van der Waals surface area contributed by atoms with Crippen LogP contribution in [0.1, 0.15) is 34.0 Å². The van der Waals surface area contributed by atoms with Crippen LogP contribution in [0.3, 0.4) is 0 Å². The highest BCUT2D eigenvalue weighted by atomic mass is 16.3. The third-order valence-electron chi connectivity index (χ3n) is 9.98. The maximum Gasteiger partial charge on any atom is 0.202 e. The van der Waals surface area contributed by atoms with Crippen molar-refractivity contribution in [2.24, 2.45) is 9.98 Å². The van der Waals surface area contributed by atoms with Crippen LogP contribution in [0, 0.1) is 0 Å². The van der Waals surface area contributed by atoms with Crippen LogP contribution in [-0.2, 0) is 0 Å². The van der Waals surface area contributed by atoms with Crippen LogP contribution in [0.2, 0.25) is 0 Å². The molecule has 242 valence electrons. The van der Waals surface area contributed by atoms with E-state index in [4.69, 9.17) is 14.4 Å². The molecule has 0 aliphatic carbocycles. The average molecular weight is 657 g/mol. The number of amidine groups is 2. The molecule has 3 heterocycles. The molecular weight excluding hydrogens is 625 g/mol. The minimum Gasteiger partial charge on any atom is -0.440 e. The largest absolute Gasteiger partial charge is 0.440 e. The number of benzene rings is 7. The molecule has 5 heteroatoms. The van der Waals surface area contributed by atoms with Crippen LogP contribution in [0.15, 0.2) is 178 Å². The molecule has 2 aliphatic heterocycles. The summed E-state index contributed by atoms with van der Waals surface area (Å²) >= 11 is 0. The lowest BCUT2D eigenvalue weighted by atomic mass is 9.88. The van der Waals surface area contributed by atoms with E-state index in [2.05, 4.69) is 156 Å². The molecule has 2 N–H and O–H groups in total. The van der Waals surface area contributed by atoms with Crippen LogP contribution in [-0.4, -0.2) is 18.2 Å². The molecule has 0 bridgehead atoms. The Morgan fingerprint density at radius 1 is 0.569 bits per heavy atom. The number of hydrogen-bond donors (Lipinski definition) is 2. The lowest BCUT2D eigenvalue weighted by Crippen LogP contribution is -2.33. The van der Waals surface area contributed by atoms with Crippen LogP contribution in [0.5, 0.6) is 0 Å². The van der Waals surface area contributed by atoms with Gasteiger partial charge in [-0.25, -0.2) is 9.98 Å². The van der Waals surface area contributed by atoms with Crippen molar-refractivity contribution in [2.75, 3.05) is 11.9 Å². The van der Waals surface area contributed by atoms with Gasteiger partial charge in [-0.05, 0) is 61.5 Å². The van der Waals surface area contributed by atoms with Crippen molar-refractivity contribution < 1.29 is 4.42 Å². The van der Waals surface area contributed by atoms with Gasteiger partial charge in [-0.1, -0.05) is 152 Å². The van der Waals surface area contributed by atoms with Crippen molar-refractivity contribution in [1.29, 1.82) is 0 Å². The van der Waals surface area contributed by atoms with Gasteiger partial charge in [-0.3, -0.25) is 0 Å². The van der Waals surface area contributed by atoms with Gasteiger partial charge < -0.3 is 15.1 Å². The fourth-order valence-electron chi connectivity index (χ4n) is 7.48. The van der Waals surface area contributed by atoms with Gasteiger partial charge in [-0.2, -0.15) is 0 Å². The van der Waals surface area contributed by atoms with Gasteiger partial charge in [0.05, 0.1) is 5.56 Å². The summed E-state index contributed by atoms with van der Waals surface area (Å²) in [4.78, 5) is 10.2. The van der Waals surface area contributed by atoms with Crippen molar-refractivity contribution in [1.82, 2.24) is 5.32 Å². The summed E-state index contributed by atoms with van der Waals surface area (Å²) in [5, 5.41) is 13.0. The fourth-order valence-corrected chi connectivity index (χ4v) is 7.48. The summed E-state index contributed by atoms with van der Waals surface area (Å²) in [5.74, 6) is 2.35. The monoisotopic (exact) mass is 656 g/mol. The zero-order valence-electron chi connectivity index (χ0n) is 27.7. The van der Waals surface area contributed by atoms with E-state index in [1.54, 1.807) is 0 Å². The van der Waals surface area contributed by atoms with Gasteiger partial charge in [0.15, 0.2) is 5.84 Å². The Bertz CT molecular complexity index is 2720. The van der Waals surface area contributed by atoms with E-state index < -0.39 is 0 Å². The maximum atomic E-state index is 6.21. The first-order valence-electron chi connectivity index (χ1n) is 17.3. The minimum atomic E-state index is -0.256. The zero-order chi connectivity index (χ0) is 33.7. The topological polar surface area (TPSA) is 61.9 Å². The second-order valence-electron chi connectivity index (χ2n) is 13.0. The highest BCUT2D eigenvalue weighted by Crippen LogP contribution is 2.43. The van der Waals surface area contributed by atoms with Gasteiger partial charge >= 0.3 is 0 Å². The molecule has 2 aliphatic rings. The minimum absolute atomic E-state index is 0.256. The van der Waals surface area contributed by atoms with E-state index >= 15 is 0 Å². The van der Waals surface area contributed by atoms with Crippen molar-refractivity contribution in [3.8, 4) is 11.1 Å². The Balaban J connectivity index is 1.03. The van der Waals surface area contributed by atoms with Gasteiger partial charge in [0.25, 0.3) is 0 Å². The highest BCUT2D eigenvalue weighted by molar-refractivity contribution is 6.14. The maximum absolute atomic E-state index is 6.21. The van der Waals surface area contributed by atoms with E-state index in [1.807, 2.05) is 18.2 Å². The van der Waals surface area contributed by atoms with Crippen LogP contribution in [0.4, 0.5) is 5.88 Å². The molecule has 0 radical (unpaired) electrons. The Morgan fingerprint density at radius 2 is 1.24 bits per heavy atom. The van der Waals surface area contributed by atoms with E-state index in [-0.39, 0.29) is 6.17 Å². The number of anilines is 1. The molecule has 0 saturated carbocycles. The molecular formula is C46H32N4O. The van der Waals surface area contributed by atoms with Crippen molar-refractivity contribution in [3.63, 3.8) is 0 Å². The second-order valence-corrected chi connectivity index (χ2v) is 13.0. The molecule has 7 aromatic carbocycles. The molecule has 1 atom stereocenters. The quantitative estimate of drug-likeness (QED) is 0.194. The van der Waals surface area contributed by atoms with E-state index in [1.165, 1.54) is 38.2 Å². The molecule has 8 aromatic rings. The summed E-state index contributed by atoms with van der Waals surface area (Å²) in [7, 11) is 0. The Morgan fingerprint density at radius 3 is 2.08 bits per heavy atom. The van der Waals surface area contributed by atoms with E-state index in [0.29, 0.717) is 5.84 Å². The molecule has 0 fully saturated rings. The van der Waals surface area contributed by atoms with Gasteiger partial charge in [0, 0.05) is 23.1 Å². The number of para-hydroxylation sites is 1. The average Bonchev–Trinajstić information content (AvgIpc) is 3.60. The normalized spacial score (nSPS) is 15.5. The Labute approximate surface area is 295 Å². The summed E-state index contributed by atoms with van der Waals surface area (Å²) in [6, 6.07) is 55.4. The number of nitrogens with zero attached hydrogens (tertiary/aromatic N) is 2. The lowest BCUT2D eigenvalue weighted by molar-refractivity contribution is 0.627. The Kier molecular flexibility index (Phi) is 6.88. The summed E-state index contributed by atoms with van der Waals surface area (Å²) in [6.45, 7) is 0.718. The molecule has 1 unspecified atom stereocenters. The first-order valence-corrected chi connectivity index (χ1v) is 17.3. The van der Waals surface area contributed by atoms with Crippen molar-refractivity contribution in [2.45, 2.75) is 6.17 Å². The molecule has 5 nitrogen and oxygen atoms in total. The molecule has 1 aromatic heterocycles. The first kappa shape index (κ1) is 29.2. The van der Waals surface area contributed by atoms with Crippen LogP contribution >= 0.6 is 0 Å². The van der Waals surface area contributed by atoms with E-state index in [0.717, 1.165) is 57.1 Å². The highest BCUT2D eigenvalue weighted by Gasteiger charge is 2.24. The molecule has 0 spiro atoms. The second kappa shape index (κ2) is 12.0. The van der Waals surface area contributed by atoms with Crippen molar-refractivity contribution >= 4 is 55.6 Å². The first-order chi connectivity index (χ1) is 25.3. The SMILES string of the molecule is C1=C(c2ccc(-c3ccc(C4=NC(c5ccccc5)NC(c5ccc6ccccc6c5)=N4)cc3)c3ccccc23)c2c(oc3ccccc23)NC1. The third-order valence-corrected chi connectivity index (χ3v) is 9.98. The summed E-state index contributed by atoms with van der Waals surface area (Å²) in [6.07, 6.45) is 2.02. The van der Waals surface area contributed by atoms with E-state index in [9.17, 15) is 0 Å². The molecule has 0 saturated heterocycles. The fraction of sp³-hybridized carbons (Fsp3) is 0.0435. The molecule has 10 rings (SSSR count). The number of rotatable bonds is 5. The summed E-state index contributed by atoms with van der Waals surface area (Å²) < 4.78 is 6.21. The van der Waals surface area contributed by atoms with Gasteiger partial charge in [-0.15, -0.1) is 0 Å². The summed E-state index contributed by atoms with van der Waals surface area (Å²) in [5.41, 5.74) is 9.83. The van der Waals surface area contributed by atoms with Gasteiger partial charge in [0.1, 0.15) is 17.6 Å². The number of aliphatic imine (C=N–C) groups is 2. The molecule has 51 heavy (non-hydrogen) atoms. The van der Waals surface area contributed by atoms with Gasteiger partial charge in [0.2, 0.25) is 5.88 Å².